The quantitative estimate of drug-likeness (QED) is 0.805. The first-order chi connectivity index (χ1) is 9.91. The molecule has 0 bridgehead atoms. The fraction of sp³-hybridized carbons (Fsp3) is 0.154. The molecule has 0 unspecified atom stereocenters. The fourth-order valence-electron chi connectivity index (χ4n) is 1.88. The second-order valence-electron chi connectivity index (χ2n) is 4.20. The lowest BCUT2D eigenvalue weighted by Gasteiger charge is -2.02. The van der Waals surface area contributed by atoms with Crippen molar-refractivity contribution in [3.63, 3.8) is 0 Å². The third-order valence-electron chi connectivity index (χ3n) is 2.71. The summed E-state index contributed by atoms with van der Waals surface area (Å²) < 4.78 is 5.26. The molecule has 0 aliphatic rings. The van der Waals surface area contributed by atoms with Crippen molar-refractivity contribution in [3.05, 3.63) is 41.2 Å². The summed E-state index contributed by atoms with van der Waals surface area (Å²) in [6.45, 7) is 2.78. The van der Waals surface area contributed by atoms with Gasteiger partial charge in [-0.05, 0) is 13.8 Å². The van der Waals surface area contributed by atoms with Crippen molar-refractivity contribution >= 4 is 23.5 Å². The van der Waals surface area contributed by atoms with E-state index < -0.39 is 11.8 Å². The number of ketones is 1. The molecule has 2 aromatic rings. The first kappa shape index (κ1) is 14.4. The lowest BCUT2D eigenvalue weighted by atomic mass is 10.1. The van der Waals surface area contributed by atoms with Gasteiger partial charge in [-0.3, -0.25) is 24.7 Å². The molecular weight excluding hydrogens is 276 g/mol. The predicted octanol–water partition coefficient (Wildman–Crippen LogP) is 0.932. The van der Waals surface area contributed by atoms with Crippen LogP contribution in [0.25, 0.3) is 0 Å². The molecule has 2 heterocycles. The Morgan fingerprint density at radius 2 is 1.95 bits per heavy atom. The zero-order valence-electron chi connectivity index (χ0n) is 11.3. The summed E-state index contributed by atoms with van der Waals surface area (Å²) in [5.41, 5.74) is 5.18. The number of rotatable bonds is 4. The zero-order chi connectivity index (χ0) is 15.6. The number of carbonyl (C=O) groups excluding carboxylic acids is 3. The molecule has 2 amide bonds. The highest BCUT2D eigenvalue weighted by atomic mass is 16.4. The molecule has 0 saturated carbocycles. The van der Waals surface area contributed by atoms with Crippen molar-refractivity contribution in [3.8, 4) is 0 Å². The Balaban J connectivity index is 2.41. The molecule has 0 fully saturated rings. The molecule has 21 heavy (non-hydrogen) atoms. The van der Waals surface area contributed by atoms with Crippen LogP contribution in [0.15, 0.2) is 23.0 Å². The minimum atomic E-state index is -0.869. The molecule has 108 valence electrons. The van der Waals surface area contributed by atoms with Gasteiger partial charge in [0.2, 0.25) is 5.88 Å². The third kappa shape index (κ3) is 2.78. The Morgan fingerprint density at radius 3 is 2.48 bits per heavy atom. The monoisotopic (exact) mass is 288 g/mol. The number of nitrogens with one attached hydrogen (secondary N) is 1. The van der Waals surface area contributed by atoms with Gasteiger partial charge in [0, 0.05) is 12.4 Å². The molecule has 3 N–H and O–H groups in total. The van der Waals surface area contributed by atoms with Gasteiger partial charge in [0.15, 0.2) is 5.78 Å². The number of nitrogens with zero attached hydrogens (tertiary/aromatic N) is 2. The van der Waals surface area contributed by atoms with Crippen LogP contribution in [0, 0.1) is 6.92 Å². The number of Topliss-reactive ketones (excluding diaryl/α,β-unsaturated/α-hetero) is 1. The zero-order valence-corrected chi connectivity index (χ0v) is 11.3. The number of amides is 2. The fourth-order valence-corrected chi connectivity index (χ4v) is 1.88. The Morgan fingerprint density at radius 1 is 1.24 bits per heavy atom. The van der Waals surface area contributed by atoms with Gasteiger partial charge in [-0.15, -0.1) is 0 Å². The average molecular weight is 288 g/mol. The van der Waals surface area contributed by atoms with E-state index in [-0.39, 0.29) is 34.2 Å². The van der Waals surface area contributed by atoms with Gasteiger partial charge in [0.1, 0.15) is 17.0 Å². The minimum Gasteiger partial charge on any atom is -0.444 e. The van der Waals surface area contributed by atoms with Crippen LogP contribution in [0.3, 0.4) is 0 Å². The van der Waals surface area contributed by atoms with E-state index in [1.807, 2.05) is 0 Å². The van der Waals surface area contributed by atoms with Crippen molar-refractivity contribution in [1.29, 1.82) is 0 Å². The number of hydrogen-bond acceptors (Lipinski definition) is 6. The van der Waals surface area contributed by atoms with Crippen molar-refractivity contribution in [2.45, 2.75) is 13.8 Å². The van der Waals surface area contributed by atoms with Gasteiger partial charge < -0.3 is 10.2 Å². The largest absolute Gasteiger partial charge is 0.444 e. The molecule has 0 aliphatic carbocycles. The van der Waals surface area contributed by atoms with Crippen LogP contribution in [0.2, 0.25) is 0 Å². The molecule has 0 radical (unpaired) electrons. The number of hydrogen-bond donors (Lipinski definition) is 2. The molecule has 0 aliphatic heterocycles. The minimum absolute atomic E-state index is 0.0337. The van der Waals surface area contributed by atoms with E-state index in [1.165, 1.54) is 32.4 Å². The molecule has 8 heteroatoms. The van der Waals surface area contributed by atoms with E-state index in [0.717, 1.165) is 0 Å². The van der Waals surface area contributed by atoms with Crippen LogP contribution < -0.4 is 11.1 Å². The second kappa shape index (κ2) is 5.53. The van der Waals surface area contributed by atoms with E-state index in [9.17, 15) is 14.4 Å². The summed E-state index contributed by atoms with van der Waals surface area (Å²) in [6, 6.07) is 0. The standard InChI is InChI=1S/C13H12N4O4/c1-6(18)9-7(2)21-13(10(9)11(14)19)17-12(20)8-5-15-3-4-16-8/h3-5H,1-2H3,(H2,14,19)(H,17,20). The van der Waals surface area contributed by atoms with E-state index in [0.29, 0.717) is 0 Å². The Hall–Kier alpha value is -3.03. The van der Waals surface area contributed by atoms with E-state index in [1.54, 1.807) is 0 Å². The smallest absolute Gasteiger partial charge is 0.278 e. The molecule has 2 aromatic heterocycles. The highest BCUT2D eigenvalue weighted by Gasteiger charge is 2.26. The second-order valence-corrected chi connectivity index (χ2v) is 4.20. The van der Waals surface area contributed by atoms with Gasteiger partial charge >= 0.3 is 0 Å². The summed E-state index contributed by atoms with van der Waals surface area (Å²) in [5, 5.41) is 2.36. The number of primary amides is 1. The molecule has 2 rings (SSSR count). The molecule has 0 aromatic carbocycles. The van der Waals surface area contributed by atoms with Gasteiger partial charge in [-0.25, -0.2) is 4.98 Å². The van der Waals surface area contributed by atoms with Gasteiger partial charge in [0.05, 0.1) is 11.8 Å². The SMILES string of the molecule is CC(=O)c1c(C)oc(NC(=O)c2cnccn2)c1C(N)=O. The lowest BCUT2D eigenvalue weighted by molar-refractivity contribution is 0.0974. The maximum atomic E-state index is 12.0. The molecule has 0 saturated heterocycles. The maximum absolute atomic E-state index is 12.0. The van der Waals surface area contributed by atoms with Gasteiger partial charge in [0.25, 0.3) is 11.8 Å². The summed E-state index contributed by atoms with van der Waals surface area (Å²) in [6.07, 6.45) is 4.01. The number of aryl methyl sites for hydroxylation is 1. The average Bonchev–Trinajstić information content (AvgIpc) is 2.76. The predicted molar refractivity (Wildman–Crippen MR) is 72.0 cm³/mol. The molecular formula is C13H12N4O4. The lowest BCUT2D eigenvalue weighted by Crippen LogP contribution is -2.19. The number of aromatic nitrogens is 2. The molecule has 0 spiro atoms. The third-order valence-corrected chi connectivity index (χ3v) is 2.71. The van der Waals surface area contributed by atoms with E-state index in [2.05, 4.69) is 15.3 Å². The van der Waals surface area contributed by atoms with Crippen molar-refractivity contribution in [2.24, 2.45) is 5.73 Å². The summed E-state index contributed by atoms with van der Waals surface area (Å²) in [4.78, 5) is 42.6. The van der Waals surface area contributed by atoms with Crippen LogP contribution in [-0.2, 0) is 0 Å². The number of carbonyl (C=O) groups is 3. The Kier molecular flexibility index (Phi) is 3.79. The van der Waals surface area contributed by atoms with Crippen LogP contribution >= 0.6 is 0 Å². The first-order valence-corrected chi connectivity index (χ1v) is 5.93. The molecule has 8 nitrogen and oxygen atoms in total. The van der Waals surface area contributed by atoms with Crippen LogP contribution in [0.5, 0.6) is 0 Å². The maximum Gasteiger partial charge on any atom is 0.278 e. The first-order valence-electron chi connectivity index (χ1n) is 5.93. The van der Waals surface area contributed by atoms with Crippen molar-refractivity contribution < 1.29 is 18.8 Å². The van der Waals surface area contributed by atoms with Crippen molar-refractivity contribution in [2.75, 3.05) is 5.32 Å². The van der Waals surface area contributed by atoms with Gasteiger partial charge in [-0.2, -0.15) is 0 Å². The summed E-state index contributed by atoms with van der Waals surface area (Å²) in [7, 11) is 0. The van der Waals surface area contributed by atoms with Crippen molar-refractivity contribution in [1.82, 2.24) is 9.97 Å². The van der Waals surface area contributed by atoms with Crippen LogP contribution in [0.1, 0.15) is 43.9 Å². The Labute approximate surface area is 119 Å². The summed E-state index contributed by atoms with van der Waals surface area (Å²) >= 11 is 0. The normalized spacial score (nSPS) is 10.2. The molecule has 0 atom stereocenters. The van der Waals surface area contributed by atoms with Crippen LogP contribution in [0.4, 0.5) is 5.88 Å². The topological polar surface area (TPSA) is 128 Å². The highest BCUT2D eigenvalue weighted by Crippen LogP contribution is 2.27. The van der Waals surface area contributed by atoms with Crippen LogP contribution in [-0.4, -0.2) is 27.6 Å². The van der Waals surface area contributed by atoms with E-state index >= 15 is 0 Å². The number of anilines is 1. The summed E-state index contributed by atoms with van der Waals surface area (Å²) in [5.74, 6) is -1.86. The number of furan rings is 1. The Bertz CT molecular complexity index is 721. The highest BCUT2D eigenvalue weighted by molar-refractivity contribution is 6.13. The van der Waals surface area contributed by atoms with E-state index in [4.69, 9.17) is 10.2 Å². The number of nitrogens with two attached hydrogens (primary N) is 1. The van der Waals surface area contributed by atoms with Gasteiger partial charge in [-0.1, -0.05) is 0 Å².